The number of aromatic hydroxyl groups is 1. The van der Waals surface area contributed by atoms with Gasteiger partial charge in [0.05, 0.1) is 5.69 Å². The van der Waals surface area contributed by atoms with Crippen molar-refractivity contribution in [3.63, 3.8) is 0 Å². The second-order valence-electron chi connectivity index (χ2n) is 5.93. The normalized spacial score (nSPS) is 10.4. The first-order chi connectivity index (χ1) is 12.9. The zero-order valence-corrected chi connectivity index (χ0v) is 14.5. The molecular formula is C20H17N3O4. The molecule has 7 heteroatoms. The summed E-state index contributed by atoms with van der Waals surface area (Å²) >= 11 is 0. The van der Waals surface area contributed by atoms with Crippen LogP contribution in [-0.2, 0) is 0 Å². The molecule has 136 valence electrons. The fourth-order valence-corrected chi connectivity index (χ4v) is 2.75. The number of nitrogens with two attached hydrogens (primary N) is 1. The number of carbonyl (C=O) groups excluding carboxylic acids is 2. The van der Waals surface area contributed by atoms with Crippen molar-refractivity contribution in [1.82, 2.24) is 4.57 Å². The van der Waals surface area contributed by atoms with Gasteiger partial charge in [0.1, 0.15) is 5.56 Å². The first-order valence-electron chi connectivity index (χ1n) is 8.10. The van der Waals surface area contributed by atoms with E-state index in [9.17, 15) is 19.5 Å². The van der Waals surface area contributed by atoms with E-state index in [0.717, 1.165) is 4.57 Å². The summed E-state index contributed by atoms with van der Waals surface area (Å²) in [6.07, 6.45) is 0. The van der Waals surface area contributed by atoms with Crippen LogP contribution in [0.5, 0.6) is 5.88 Å². The molecule has 3 rings (SSSR count). The smallest absolute Gasteiger partial charge is 0.271 e. The molecule has 27 heavy (non-hydrogen) atoms. The highest BCUT2D eigenvalue weighted by Crippen LogP contribution is 2.19. The number of benzene rings is 2. The van der Waals surface area contributed by atoms with Crippen LogP contribution in [0.2, 0.25) is 0 Å². The fourth-order valence-electron chi connectivity index (χ4n) is 2.75. The number of carbonyl (C=O) groups is 2. The van der Waals surface area contributed by atoms with Crippen LogP contribution in [0.4, 0.5) is 5.69 Å². The van der Waals surface area contributed by atoms with Gasteiger partial charge in [0, 0.05) is 17.3 Å². The number of amides is 2. The lowest BCUT2D eigenvalue weighted by molar-refractivity contribution is 0.0995. The number of primary amides is 1. The standard InChI is InChI=1S/C20H17N3O4/c1-12-11-16(24)23(20(27)17(12)18(21)25)15-9-7-13(8-10-15)19(26)22-14-5-3-2-4-6-14/h2-11,24H,1H3,(H2,21,25)(H,22,26). The summed E-state index contributed by atoms with van der Waals surface area (Å²) in [6.45, 7) is 1.52. The van der Waals surface area contributed by atoms with Gasteiger partial charge in [0.2, 0.25) is 0 Å². The van der Waals surface area contributed by atoms with Crippen molar-refractivity contribution in [1.29, 1.82) is 0 Å². The SMILES string of the molecule is Cc1cc(O)n(-c2ccc(C(=O)Nc3ccccc3)cc2)c(=O)c1C(N)=O. The summed E-state index contributed by atoms with van der Waals surface area (Å²) in [5.74, 6) is -1.51. The van der Waals surface area contributed by atoms with Crippen molar-refractivity contribution in [2.24, 2.45) is 5.73 Å². The Hall–Kier alpha value is -3.87. The summed E-state index contributed by atoms with van der Waals surface area (Å²) in [4.78, 5) is 36.4. The summed E-state index contributed by atoms with van der Waals surface area (Å²) in [7, 11) is 0. The van der Waals surface area contributed by atoms with E-state index in [-0.39, 0.29) is 17.4 Å². The van der Waals surface area contributed by atoms with Gasteiger partial charge in [0.25, 0.3) is 17.4 Å². The lowest BCUT2D eigenvalue weighted by atomic mass is 10.1. The van der Waals surface area contributed by atoms with E-state index in [1.54, 1.807) is 12.1 Å². The Balaban J connectivity index is 1.94. The molecule has 0 saturated carbocycles. The maximum absolute atomic E-state index is 12.5. The molecule has 0 saturated heterocycles. The molecule has 0 aliphatic carbocycles. The molecule has 0 bridgehead atoms. The highest BCUT2D eigenvalue weighted by atomic mass is 16.3. The minimum Gasteiger partial charge on any atom is -0.494 e. The van der Waals surface area contributed by atoms with Crippen molar-refractivity contribution < 1.29 is 14.7 Å². The van der Waals surface area contributed by atoms with E-state index in [1.807, 2.05) is 18.2 Å². The maximum atomic E-state index is 12.5. The Bertz CT molecular complexity index is 1070. The van der Waals surface area contributed by atoms with E-state index < -0.39 is 11.5 Å². The van der Waals surface area contributed by atoms with Gasteiger partial charge >= 0.3 is 0 Å². The zero-order valence-electron chi connectivity index (χ0n) is 14.5. The number of hydrogen-bond donors (Lipinski definition) is 3. The summed E-state index contributed by atoms with van der Waals surface area (Å²) in [6, 6.07) is 16.3. The third kappa shape index (κ3) is 3.57. The maximum Gasteiger partial charge on any atom is 0.271 e. The molecule has 0 aliphatic rings. The second kappa shape index (κ2) is 7.17. The largest absolute Gasteiger partial charge is 0.494 e. The minimum absolute atomic E-state index is 0.196. The number of rotatable bonds is 4. The van der Waals surface area contributed by atoms with Crippen molar-refractivity contribution in [2.45, 2.75) is 6.92 Å². The molecule has 1 heterocycles. The number of nitrogens with one attached hydrogen (secondary N) is 1. The number of aryl methyl sites for hydroxylation is 1. The number of nitrogens with zero attached hydrogens (tertiary/aromatic N) is 1. The van der Waals surface area contributed by atoms with Gasteiger partial charge in [-0.15, -0.1) is 0 Å². The third-order valence-corrected chi connectivity index (χ3v) is 4.05. The van der Waals surface area contributed by atoms with Crippen molar-refractivity contribution in [3.8, 4) is 11.6 Å². The summed E-state index contributed by atoms with van der Waals surface area (Å²) < 4.78 is 0.964. The Morgan fingerprint density at radius 3 is 2.26 bits per heavy atom. The molecule has 0 aliphatic heterocycles. The highest BCUT2D eigenvalue weighted by Gasteiger charge is 2.17. The van der Waals surface area contributed by atoms with Crippen molar-refractivity contribution in [3.05, 3.63) is 87.7 Å². The molecule has 1 aromatic heterocycles. The quantitative estimate of drug-likeness (QED) is 0.659. The van der Waals surface area contributed by atoms with Gasteiger partial charge in [-0.25, -0.2) is 4.57 Å². The Morgan fingerprint density at radius 2 is 1.67 bits per heavy atom. The van der Waals surface area contributed by atoms with Gasteiger partial charge in [-0.05, 0) is 48.9 Å². The third-order valence-electron chi connectivity index (χ3n) is 4.05. The molecule has 0 spiro atoms. The topological polar surface area (TPSA) is 114 Å². The number of anilines is 1. The number of hydrogen-bond acceptors (Lipinski definition) is 4. The van der Waals surface area contributed by atoms with Crippen LogP contribution in [0.25, 0.3) is 5.69 Å². The van der Waals surface area contributed by atoms with Gasteiger partial charge in [-0.3, -0.25) is 14.4 Å². The van der Waals surface area contributed by atoms with Crippen LogP contribution in [0, 0.1) is 6.92 Å². The van der Waals surface area contributed by atoms with Gasteiger partial charge in [-0.2, -0.15) is 0 Å². The van der Waals surface area contributed by atoms with Crippen LogP contribution in [-0.4, -0.2) is 21.5 Å². The number of para-hydroxylation sites is 1. The summed E-state index contributed by atoms with van der Waals surface area (Å²) in [5.41, 5.74) is 5.97. The fraction of sp³-hybridized carbons (Fsp3) is 0.0500. The van der Waals surface area contributed by atoms with Gasteiger partial charge in [0.15, 0.2) is 5.88 Å². The lowest BCUT2D eigenvalue weighted by Crippen LogP contribution is -2.30. The van der Waals surface area contributed by atoms with E-state index in [1.165, 1.54) is 37.3 Å². The Morgan fingerprint density at radius 1 is 1.04 bits per heavy atom. The molecular weight excluding hydrogens is 346 g/mol. The van der Waals surface area contributed by atoms with Crippen LogP contribution < -0.4 is 16.6 Å². The second-order valence-corrected chi connectivity index (χ2v) is 5.93. The first-order valence-corrected chi connectivity index (χ1v) is 8.10. The molecule has 2 amide bonds. The van der Waals surface area contributed by atoms with Crippen LogP contribution >= 0.6 is 0 Å². The predicted molar refractivity (Wildman–Crippen MR) is 101 cm³/mol. The van der Waals surface area contributed by atoms with E-state index >= 15 is 0 Å². The molecule has 4 N–H and O–H groups in total. The van der Waals surface area contributed by atoms with Crippen LogP contribution in [0.15, 0.2) is 65.5 Å². The molecule has 0 atom stereocenters. The molecule has 0 fully saturated rings. The molecule has 0 radical (unpaired) electrons. The van der Waals surface area contributed by atoms with Crippen LogP contribution in [0.3, 0.4) is 0 Å². The van der Waals surface area contributed by atoms with E-state index in [4.69, 9.17) is 5.73 Å². The average Bonchev–Trinajstić information content (AvgIpc) is 2.62. The predicted octanol–water partition coefficient (Wildman–Crippen LogP) is 2.20. The van der Waals surface area contributed by atoms with Crippen molar-refractivity contribution >= 4 is 17.5 Å². The van der Waals surface area contributed by atoms with E-state index in [2.05, 4.69) is 5.32 Å². The van der Waals surface area contributed by atoms with Crippen molar-refractivity contribution in [2.75, 3.05) is 5.32 Å². The Labute approximate surface area is 154 Å². The monoisotopic (exact) mass is 363 g/mol. The molecule has 2 aromatic carbocycles. The highest BCUT2D eigenvalue weighted by molar-refractivity contribution is 6.04. The minimum atomic E-state index is -0.870. The van der Waals surface area contributed by atoms with Gasteiger partial charge in [-0.1, -0.05) is 18.2 Å². The molecule has 3 aromatic rings. The summed E-state index contributed by atoms with van der Waals surface area (Å²) in [5, 5.41) is 12.9. The zero-order chi connectivity index (χ0) is 19.6. The van der Waals surface area contributed by atoms with Crippen LogP contribution in [0.1, 0.15) is 26.3 Å². The van der Waals surface area contributed by atoms with E-state index in [0.29, 0.717) is 22.5 Å². The number of aromatic nitrogens is 1. The van der Waals surface area contributed by atoms with Gasteiger partial charge < -0.3 is 16.2 Å². The molecule has 7 nitrogen and oxygen atoms in total. The average molecular weight is 363 g/mol. The molecule has 0 unspecified atom stereocenters. The lowest BCUT2D eigenvalue weighted by Gasteiger charge is -2.12. The Kier molecular flexibility index (Phi) is 4.76. The number of pyridine rings is 1. The first kappa shape index (κ1) is 17.9.